The maximum absolute atomic E-state index is 12.4. The van der Waals surface area contributed by atoms with Crippen LogP contribution in [0, 0.1) is 11.3 Å². The Kier molecular flexibility index (Phi) is 1.19. The van der Waals surface area contributed by atoms with Gasteiger partial charge in [-0.05, 0) is 25.2 Å². The molecule has 0 aromatic rings. The molecule has 0 spiro atoms. The molecule has 1 saturated carbocycles. The van der Waals surface area contributed by atoms with E-state index in [2.05, 4.69) is 0 Å². The maximum atomic E-state index is 12.4. The van der Waals surface area contributed by atoms with E-state index >= 15 is 0 Å². The second-order valence-electron chi connectivity index (χ2n) is 3.52. The zero-order chi connectivity index (χ0) is 8.11. The van der Waals surface area contributed by atoms with E-state index in [1.165, 1.54) is 6.08 Å². The Hall–Kier alpha value is -0.470. The number of halogens is 3. The number of allylic oxidation sites excluding steroid dienone is 2. The van der Waals surface area contributed by atoms with Crippen LogP contribution in [-0.2, 0) is 0 Å². The Morgan fingerprint density at radius 2 is 2.09 bits per heavy atom. The molecule has 2 rings (SSSR count). The molecule has 0 radical (unpaired) electrons. The first-order valence-corrected chi connectivity index (χ1v) is 3.80. The van der Waals surface area contributed by atoms with Crippen molar-refractivity contribution in [2.75, 3.05) is 0 Å². The Morgan fingerprint density at radius 3 is 2.27 bits per heavy atom. The number of alkyl halides is 3. The molecule has 0 aromatic heterocycles. The zero-order valence-corrected chi connectivity index (χ0v) is 5.99. The highest BCUT2D eigenvalue weighted by Gasteiger charge is 2.58. The SMILES string of the molecule is FC(F)(F)C12C=CC(CC1)C2. The van der Waals surface area contributed by atoms with Crippen LogP contribution in [0.5, 0.6) is 0 Å². The monoisotopic (exact) mass is 162 g/mol. The molecule has 2 bridgehead atoms. The molecular weight excluding hydrogens is 153 g/mol. The van der Waals surface area contributed by atoms with E-state index in [0.717, 1.165) is 6.42 Å². The first-order chi connectivity index (χ1) is 5.04. The van der Waals surface area contributed by atoms with Crippen molar-refractivity contribution < 1.29 is 13.2 Å². The lowest BCUT2D eigenvalue weighted by atomic mass is 9.87. The fourth-order valence-corrected chi connectivity index (χ4v) is 2.10. The van der Waals surface area contributed by atoms with Crippen LogP contribution < -0.4 is 0 Å². The summed E-state index contributed by atoms with van der Waals surface area (Å²) in [4.78, 5) is 0. The van der Waals surface area contributed by atoms with E-state index in [9.17, 15) is 13.2 Å². The molecule has 0 heterocycles. The Bertz CT molecular complexity index is 204. The molecule has 2 aliphatic rings. The summed E-state index contributed by atoms with van der Waals surface area (Å²) < 4.78 is 37.2. The van der Waals surface area contributed by atoms with E-state index in [-0.39, 0.29) is 5.92 Å². The fourth-order valence-electron chi connectivity index (χ4n) is 2.10. The summed E-state index contributed by atoms with van der Waals surface area (Å²) in [5.74, 6) is 0.205. The van der Waals surface area contributed by atoms with E-state index < -0.39 is 11.6 Å². The zero-order valence-electron chi connectivity index (χ0n) is 5.99. The van der Waals surface area contributed by atoms with Gasteiger partial charge in [-0.15, -0.1) is 0 Å². The van der Waals surface area contributed by atoms with Crippen LogP contribution in [0.25, 0.3) is 0 Å². The quantitative estimate of drug-likeness (QED) is 0.480. The van der Waals surface area contributed by atoms with Crippen LogP contribution in [0.15, 0.2) is 12.2 Å². The van der Waals surface area contributed by atoms with Gasteiger partial charge < -0.3 is 0 Å². The van der Waals surface area contributed by atoms with Gasteiger partial charge in [0.25, 0.3) is 0 Å². The summed E-state index contributed by atoms with van der Waals surface area (Å²) in [6, 6.07) is 0. The Morgan fingerprint density at radius 1 is 1.36 bits per heavy atom. The molecule has 2 aliphatic carbocycles. The minimum absolute atomic E-state index is 0.205. The highest BCUT2D eigenvalue weighted by Crippen LogP contribution is 2.57. The highest BCUT2D eigenvalue weighted by atomic mass is 19.4. The second-order valence-corrected chi connectivity index (χ2v) is 3.52. The van der Waals surface area contributed by atoms with Gasteiger partial charge in [-0.25, -0.2) is 0 Å². The fraction of sp³-hybridized carbons (Fsp3) is 0.750. The normalized spacial score (nSPS) is 41.9. The third-order valence-corrected chi connectivity index (χ3v) is 2.84. The predicted molar refractivity (Wildman–Crippen MR) is 35.0 cm³/mol. The summed E-state index contributed by atoms with van der Waals surface area (Å²) >= 11 is 0. The average molecular weight is 162 g/mol. The predicted octanol–water partition coefficient (Wildman–Crippen LogP) is 2.91. The van der Waals surface area contributed by atoms with Gasteiger partial charge in [0.05, 0.1) is 5.41 Å². The first-order valence-electron chi connectivity index (χ1n) is 3.80. The van der Waals surface area contributed by atoms with Crippen molar-refractivity contribution in [3.05, 3.63) is 12.2 Å². The van der Waals surface area contributed by atoms with Gasteiger partial charge in [0.15, 0.2) is 0 Å². The molecule has 0 aromatic carbocycles. The van der Waals surface area contributed by atoms with Gasteiger partial charge >= 0.3 is 6.18 Å². The summed E-state index contributed by atoms with van der Waals surface area (Å²) in [5.41, 5.74) is -1.43. The van der Waals surface area contributed by atoms with Gasteiger partial charge in [0, 0.05) is 0 Å². The lowest BCUT2D eigenvalue weighted by Crippen LogP contribution is -2.32. The van der Waals surface area contributed by atoms with Gasteiger partial charge in [0.1, 0.15) is 0 Å². The van der Waals surface area contributed by atoms with Gasteiger partial charge in [-0.2, -0.15) is 13.2 Å². The van der Waals surface area contributed by atoms with Crippen LogP contribution in [0.1, 0.15) is 19.3 Å². The Labute approximate surface area is 63.1 Å². The molecule has 3 heteroatoms. The van der Waals surface area contributed by atoms with Crippen molar-refractivity contribution in [3.63, 3.8) is 0 Å². The minimum atomic E-state index is -4.02. The number of hydrogen-bond acceptors (Lipinski definition) is 0. The van der Waals surface area contributed by atoms with Gasteiger partial charge in [0.2, 0.25) is 0 Å². The molecular formula is C8H9F3. The maximum Gasteiger partial charge on any atom is 0.397 e. The van der Waals surface area contributed by atoms with Crippen LogP contribution in [0.2, 0.25) is 0 Å². The van der Waals surface area contributed by atoms with Gasteiger partial charge in [-0.1, -0.05) is 12.2 Å². The third-order valence-electron chi connectivity index (χ3n) is 2.84. The van der Waals surface area contributed by atoms with E-state index in [1.54, 1.807) is 6.08 Å². The standard InChI is InChI=1S/C8H9F3/c9-8(10,11)7-3-1-6(5-7)2-4-7/h1,3,6H,2,4-5H2. The molecule has 0 nitrogen and oxygen atoms in total. The van der Waals surface area contributed by atoms with Crippen LogP contribution in [-0.4, -0.2) is 6.18 Å². The number of rotatable bonds is 0. The molecule has 11 heavy (non-hydrogen) atoms. The first kappa shape index (κ1) is 7.19. The van der Waals surface area contributed by atoms with E-state index in [4.69, 9.17) is 0 Å². The molecule has 2 unspecified atom stereocenters. The summed E-state index contributed by atoms with van der Waals surface area (Å²) in [6.07, 6.45) is 0.386. The van der Waals surface area contributed by atoms with E-state index in [1.807, 2.05) is 0 Å². The van der Waals surface area contributed by atoms with Crippen LogP contribution in [0.3, 0.4) is 0 Å². The molecule has 0 aliphatic heterocycles. The van der Waals surface area contributed by atoms with Crippen molar-refractivity contribution in [2.24, 2.45) is 11.3 Å². The summed E-state index contributed by atoms with van der Waals surface area (Å²) in [7, 11) is 0. The van der Waals surface area contributed by atoms with Crippen LogP contribution >= 0.6 is 0 Å². The van der Waals surface area contributed by atoms with Crippen molar-refractivity contribution in [1.29, 1.82) is 0 Å². The highest BCUT2D eigenvalue weighted by molar-refractivity contribution is 5.18. The molecule has 0 saturated heterocycles. The largest absolute Gasteiger partial charge is 0.397 e. The number of hydrogen-bond donors (Lipinski definition) is 0. The van der Waals surface area contributed by atoms with Crippen LogP contribution in [0.4, 0.5) is 13.2 Å². The minimum Gasteiger partial charge on any atom is -0.170 e. The van der Waals surface area contributed by atoms with Crippen molar-refractivity contribution >= 4 is 0 Å². The lowest BCUT2D eigenvalue weighted by Gasteiger charge is -2.26. The smallest absolute Gasteiger partial charge is 0.170 e. The summed E-state index contributed by atoms with van der Waals surface area (Å²) in [6.45, 7) is 0. The molecule has 1 fully saturated rings. The van der Waals surface area contributed by atoms with Gasteiger partial charge in [-0.3, -0.25) is 0 Å². The second kappa shape index (κ2) is 1.82. The van der Waals surface area contributed by atoms with Crippen molar-refractivity contribution in [2.45, 2.75) is 25.4 Å². The molecule has 2 atom stereocenters. The molecule has 0 amide bonds. The molecule has 0 N–H and O–H groups in total. The topological polar surface area (TPSA) is 0 Å². The molecule has 62 valence electrons. The van der Waals surface area contributed by atoms with Crippen molar-refractivity contribution in [1.82, 2.24) is 0 Å². The number of fused-ring (bicyclic) bond motifs is 2. The summed E-state index contributed by atoms with van der Waals surface area (Å²) in [5, 5.41) is 0. The van der Waals surface area contributed by atoms with E-state index in [0.29, 0.717) is 12.8 Å². The third kappa shape index (κ3) is 0.829. The lowest BCUT2D eigenvalue weighted by molar-refractivity contribution is -0.202. The Balaban J connectivity index is 2.31. The average Bonchev–Trinajstić information content (AvgIpc) is 2.42. The van der Waals surface area contributed by atoms with Crippen molar-refractivity contribution in [3.8, 4) is 0 Å².